The zero-order valence-corrected chi connectivity index (χ0v) is 71.3. The molecule has 0 saturated heterocycles. The number of nitrogen functional groups attached to an aromatic ring is 5. The van der Waals surface area contributed by atoms with Crippen molar-refractivity contribution in [2.24, 2.45) is 16.8 Å². The molecule has 47 heteroatoms. The third kappa shape index (κ3) is 45.0. The number of hydrogen-bond donors (Lipinski definition) is 12. The number of benzene rings is 8. The molecule has 0 spiro atoms. The van der Waals surface area contributed by atoms with Crippen LogP contribution in [0.5, 0.6) is 0 Å². The molecule has 112 heavy (non-hydrogen) atoms. The van der Waals surface area contributed by atoms with Gasteiger partial charge in [-0.15, -0.1) is 24.8 Å². The van der Waals surface area contributed by atoms with E-state index < -0.39 is 75.6 Å². The molecule has 0 saturated carbocycles. The molecule has 0 aliphatic carbocycles. The maximum absolute atomic E-state index is 10.7. The number of anilines is 6. The summed E-state index contributed by atoms with van der Waals surface area (Å²) in [7, 11) is 16.7. The number of nitro benzene ring substituents is 7. The molecule has 0 aliphatic heterocycles. The predicted octanol–water partition coefficient (Wildman–Crippen LogP) is 17.5. The van der Waals surface area contributed by atoms with Crippen molar-refractivity contribution in [2.75, 3.05) is 33.5 Å². The van der Waals surface area contributed by atoms with Gasteiger partial charge in [0.15, 0.2) is 0 Å². The van der Waals surface area contributed by atoms with E-state index in [9.17, 15) is 75.6 Å². The van der Waals surface area contributed by atoms with E-state index in [0.29, 0.717) is 40.2 Å². The molecule has 1 unspecified atom stereocenters. The number of carbonyl (C=O) groups excluding carboxylic acids is 1. The van der Waals surface area contributed by atoms with E-state index in [4.69, 9.17) is 79.3 Å². The monoisotopic (exact) mass is 1910 g/mol. The van der Waals surface area contributed by atoms with Crippen molar-refractivity contribution in [3.8, 4) is 0 Å². The van der Waals surface area contributed by atoms with E-state index in [0.717, 1.165) is 51.5 Å². The van der Waals surface area contributed by atoms with E-state index in [1.807, 2.05) is 78.2 Å². The van der Waals surface area contributed by atoms with Crippen LogP contribution >= 0.6 is 68.8 Å². The number of nitrogens with two attached hydrogens (primary N) is 5. The van der Waals surface area contributed by atoms with Crippen molar-refractivity contribution in [3.63, 3.8) is 0 Å². The second-order valence-corrected chi connectivity index (χ2v) is 29.0. The average Bonchev–Trinajstić information content (AvgIpc) is 1.69. The van der Waals surface area contributed by atoms with Crippen LogP contribution in [0.25, 0.3) is 32.7 Å². The second kappa shape index (κ2) is 63.2. The van der Waals surface area contributed by atoms with Crippen LogP contribution in [0.15, 0.2) is 200 Å². The summed E-state index contributed by atoms with van der Waals surface area (Å²) in [4.78, 5) is 96.3. The Morgan fingerprint density at radius 1 is 0.482 bits per heavy atom. The second-order valence-electron chi connectivity index (χ2n) is 19.9. The van der Waals surface area contributed by atoms with E-state index in [1.165, 1.54) is 83.7 Å². The summed E-state index contributed by atoms with van der Waals surface area (Å²) in [6, 6.07) is 45.7. The quantitative estimate of drug-likeness (QED) is 0.00554. The molecule has 8 aromatic carbocycles. The molecule has 0 bridgehead atoms. The molecule has 38 nitrogen and oxygen atoms in total. The van der Waals surface area contributed by atoms with Crippen molar-refractivity contribution in [1.29, 1.82) is 0 Å². The first-order chi connectivity index (χ1) is 52.3. The molecule has 0 aliphatic rings. The van der Waals surface area contributed by atoms with Crippen LogP contribution in [0.1, 0.15) is 58.7 Å². The van der Waals surface area contributed by atoms with Gasteiger partial charge in [0.2, 0.25) is 0 Å². The smallest absolute Gasteiger partial charge is 0 e. The molecule has 3 heterocycles. The number of aromatic nitrogens is 3. The number of H-pyrrole nitrogens is 3. The number of carbonyl (C=O) groups is 1. The Morgan fingerprint density at radius 3 is 1.13 bits per heavy atom. The van der Waals surface area contributed by atoms with E-state index in [1.54, 1.807) is 91.3 Å². The number of non-ortho nitro benzene ring substituents is 7. The van der Waals surface area contributed by atoms with Gasteiger partial charge in [-0.2, -0.15) is 5.10 Å². The van der Waals surface area contributed by atoms with Gasteiger partial charge in [0, 0.05) is 150 Å². The molecule has 0 fully saturated rings. The van der Waals surface area contributed by atoms with Crippen LogP contribution in [0.3, 0.4) is 0 Å². The van der Waals surface area contributed by atoms with Crippen LogP contribution in [0.4, 0.5) is 73.9 Å². The van der Waals surface area contributed by atoms with Crippen LogP contribution in [-0.2, 0) is 14.0 Å². The van der Waals surface area contributed by atoms with Gasteiger partial charge in [-0.1, -0.05) is 70.2 Å². The molecule has 1 atom stereocenters. The first kappa shape index (κ1) is 108. The SMILES string of the molecule is CC.CC/C=N/Nc1cccc([N+](=O)[O-])c1.CCC=O.Cc1c[nH]c2cc(N)ccc12.Cc1c[nH]c2cc([N+](=O)[O-])ccc12.Cc1c[nH]c2cccc([N+](=O)[O-])c12.Cl.Cl.NNc1cccc([N+](=O)[O-])c1.NNc1cccc([N+](=O)[O-])c1.Nc1cccc([N+](=O)[O-])c1.Nc1cccc([N+](=O)[O-])c1.O=[P+]([O-])OO.[Cl][Sn][Cl].[Cl][Sn][Cl].[HH]. The van der Waals surface area contributed by atoms with Gasteiger partial charge >= 0.3 is 81.7 Å². The van der Waals surface area contributed by atoms with Crippen LogP contribution in [0.2, 0.25) is 0 Å². The van der Waals surface area contributed by atoms with Gasteiger partial charge in [0.1, 0.15) is 6.29 Å². The number of nitro groups is 7. The summed E-state index contributed by atoms with van der Waals surface area (Å²) < 4.78 is 11.6. The molecule has 0 amide bonds. The fourth-order valence-corrected chi connectivity index (χ4v) is 7.74. The summed E-state index contributed by atoms with van der Waals surface area (Å²) in [5.41, 5.74) is 33.3. The maximum atomic E-state index is 10.7. The van der Waals surface area contributed by atoms with Crippen LogP contribution in [-0.4, -0.2) is 105 Å². The van der Waals surface area contributed by atoms with Gasteiger partial charge in [-0.05, 0) is 103 Å². The topological polar surface area (TPSA) is 615 Å². The number of hydrogen-bond acceptors (Lipinski definition) is 28. The number of hydrazine groups is 2. The normalized spacial score (nSPS) is 9.33. The minimum atomic E-state index is -3.04. The first-order valence-corrected chi connectivity index (χ1v) is 46.4. The fourth-order valence-electron chi connectivity index (χ4n) is 7.74. The Hall–Kier alpha value is -10.4. The number of halogens is 6. The van der Waals surface area contributed by atoms with Gasteiger partial charge in [-0.25, -0.2) is 5.26 Å². The Bertz CT molecular complexity index is 4610. The molecular weight excluding hydrogens is 1830 g/mol. The van der Waals surface area contributed by atoms with Crippen molar-refractivity contribution in [2.45, 2.75) is 61.3 Å². The van der Waals surface area contributed by atoms with E-state index in [-0.39, 0.29) is 71.0 Å². The minimum absolute atomic E-state index is 0. The molecule has 11 rings (SSSR count). The molecular formula is C65H80Cl6N19O19PSn2. The zero-order chi connectivity index (χ0) is 83.8. The predicted molar refractivity (Wildman–Crippen MR) is 450 cm³/mol. The molecule has 604 valence electrons. The fraction of sp³-hybridized carbons (Fsp3) is 0.138. The number of nitrogens with one attached hydrogen (secondary N) is 6. The van der Waals surface area contributed by atoms with Crippen LogP contribution in [0, 0.1) is 91.6 Å². The number of fused-ring (bicyclic) bond motifs is 3. The summed E-state index contributed by atoms with van der Waals surface area (Å²) in [5, 5.41) is 86.0. The van der Waals surface area contributed by atoms with Gasteiger partial charge in [0.25, 0.3) is 39.8 Å². The number of rotatable bonds is 14. The summed E-state index contributed by atoms with van der Waals surface area (Å²) in [6.07, 6.45) is 9.64. The molecule has 17 N–H and O–H groups in total. The van der Waals surface area contributed by atoms with Crippen molar-refractivity contribution in [1.82, 2.24) is 15.0 Å². The van der Waals surface area contributed by atoms with Crippen molar-refractivity contribution < 1.29 is 60.1 Å². The summed E-state index contributed by atoms with van der Waals surface area (Å²) in [6.45, 7) is 13.7. The first-order valence-electron chi connectivity index (χ1n) is 30.8. The number of aryl methyl sites for hydroxylation is 3. The maximum Gasteiger partial charge on any atom is 0 e. The van der Waals surface area contributed by atoms with Gasteiger partial charge in [-0.3, -0.25) is 87.9 Å². The number of hydrazone groups is 1. The van der Waals surface area contributed by atoms with Crippen LogP contribution < -0.4 is 50.1 Å². The Morgan fingerprint density at radius 2 is 0.795 bits per heavy atom. The number of aldehydes is 1. The van der Waals surface area contributed by atoms with E-state index in [2.05, 4.69) is 47.9 Å². The Kier molecular flexibility index (Phi) is 60.9. The van der Waals surface area contributed by atoms with Crippen molar-refractivity contribution in [3.05, 3.63) is 282 Å². The van der Waals surface area contributed by atoms with Crippen molar-refractivity contribution >= 4 is 226 Å². The average molecular weight is 1910 g/mol. The standard InChI is InChI=1S/C9H11N3O2.2C9H8N2O2.C9H10N2.2C6H7N3O2.2C6H6N2O2.C3H6O.C2H6.6ClH.HO4P.2Sn.H2/c1-2-6-10-11-8-4-3-5-9(7-8)12(13)14;1-6-5-10-9-4-7(11(12)13)2-3-8(6)9;1-6-5-10-7-3-2-4-8(9(6)7)11(12)13;1-6-5-11-9-4-7(10)2-3-8(6)9;2*7-8-5-2-1-3-6(4-5)9(10)11;2*7-5-2-1-3-6(4-5)8(9)10;1-2-3-4;1-2;;;;;;;1-4-5(2)3;;;/h3-7,11H,2H2,1H3;2*2-5,10H,1H3;2-5,11H,10H2,1H3;2*1-4,8H,7H2;2*1-4H,7H2;3H,2H2,1H3;1-2H3;6*1H;1H;;;1H/q;;;;;;;;;;;;;;;;;2*+2;/p-4/b10-6+;;;;;;;;;;;;;;;;;;;. The number of aromatic amines is 3. The van der Waals surface area contributed by atoms with E-state index >= 15 is 0 Å². The summed E-state index contributed by atoms with van der Waals surface area (Å²) >= 11 is -1.65. The minimum Gasteiger partial charge on any atom is 0 e. The Labute approximate surface area is 689 Å². The molecule has 11 aromatic rings. The molecule has 3 aromatic heterocycles. The zero-order valence-electron chi connectivity index (χ0n) is 60.1. The van der Waals surface area contributed by atoms with Gasteiger partial charge < -0.3 is 52.7 Å². The number of nitrogens with zero attached hydrogens (tertiary/aromatic N) is 8. The van der Waals surface area contributed by atoms with Gasteiger partial charge in [0.05, 0.1) is 67.9 Å². The largest absolute Gasteiger partial charge is 0 e. The summed E-state index contributed by atoms with van der Waals surface area (Å²) in [5.74, 6) is 10.1. The third-order valence-corrected chi connectivity index (χ3v) is 12.6. The Balaban J connectivity index is -0.000000381. The molecule has 4 radical (unpaired) electrons. The third-order valence-electron chi connectivity index (χ3n) is 12.4.